The third-order valence-electron chi connectivity index (χ3n) is 2.41. The highest BCUT2D eigenvalue weighted by Crippen LogP contribution is 2.29. The van der Waals surface area contributed by atoms with Gasteiger partial charge in [-0.05, 0) is 12.8 Å². The number of carbonyl (C=O) groups is 1. The summed E-state index contributed by atoms with van der Waals surface area (Å²) in [6, 6.07) is 0. The zero-order chi connectivity index (χ0) is 10.1. The van der Waals surface area contributed by atoms with Crippen LogP contribution in [0, 0.1) is 17.3 Å². The van der Waals surface area contributed by atoms with E-state index in [1.165, 1.54) is 0 Å². The molecule has 1 N–H and O–H groups in total. The van der Waals surface area contributed by atoms with Crippen molar-refractivity contribution < 1.29 is 9.90 Å². The lowest BCUT2D eigenvalue weighted by molar-refractivity contribution is -0.124. The van der Waals surface area contributed by atoms with Crippen LogP contribution in [-0.2, 0) is 4.79 Å². The first kappa shape index (κ1) is 10.1. The topological polar surface area (TPSA) is 40.5 Å². The highest BCUT2D eigenvalue weighted by molar-refractivity contribution is 5.93. The van der Waals surface area contributed by atoms with Crippen molar-refractivity contribution >= 4 is 5.91 Å². The van der Waals surface area contributed by atoms with Gasteiger partial charge in [-0.2, -0.15) is 0 Å². The lowest BCUT2D eigenvalue weighted by Crippen LogP contribution is -2.28. The van der Waals surface area contributed by atoms with Crippen LogP contribution in [0.1, 0.15) is 20.8 Å². The number of hydrogen-bond acceptors (Lipinski definition) is 2. The maximum atomic E-state index is 11.3. The van der Waals surface area contributed by atoms with Gasteiger partial charge in [-0.1, -0.05) is 19.8 Å². The summed E-state index contributed by atoms with van der Waals surface area (Å²) in [6.45, 7) is 6.52. The molecule has 13 heavy (non-hydrogen) atoms. The molecule has 0 radical (unpaired) electrons. The molecule has 0 saturated carbocycles. The Bertz CT molecular complexity index is 272. The maximum Gasteiger partial charge on any atom is 0.298 e. The van der Waals surface area contributed by atoms with Crippen LogP contribution in [0.15, 0.2) is 0 Å². The monoisotopic (exact) mass is 181 g/mol. The quantitative estimate of drug-likeness (QED) is 0.544. The van der Waals surface area contributed by atoms with Crippen molar-refractivity contribution in [2.24, 2.45) is 5.41 Å². The standard InChI is InChI=1S/C10H15NO2/c1-4-5-9(13)11-6-8(12)10(2,3)7-11/h8,12H,6-7H2,1-3H3. The fourth-order valence-corrected chi connectivity index (χ4v) is 1.46. The van der Waals surface area contributed by atoms with Gasteiger partial charge >= 0.3 is 0 Å². The van der Waals surface area contributed by atoms with E-state index in [-0.39, 0.29) is 11.3 Å². The lowest BCUT2D eigenvalue weighted by atomic mass is 9.90. The summed E-state index contributed by atoms with van der Waals surface area (Å²) in [7, 11) is 0. The van der Waals surface area contributed by atoms with Crippen molar-refractivity contribution in [1.29, 1.82) is 0 Å². The summed E-state index contributed by atoms with van der Waals surface area (Å²) >= 11 is 0. The van der Waals surface area contributed by atoms with E-state index in [2.05, 4.69) is 11.8 Å². The van der Waals surface area contributed by atoms with Crippen LogP contribution >= 0.6 is 0 Å². The van der Waals surface area contributed by atoms with E-state index in [9.17, 15) is 9.90 Å². The highest BCUT2D eigenvalue weighted by Gasteiger charge is 2.39. The molecule has 1 aliphatic heterocycles. The van der Waals surface area contributed by atoms with Gasteiger partial charge in [-0.25, -0.2) is 0 Å². The summed E-state index contributed by atoms with van der Waals surface area (Å²) in [5, 5.41) is 9.60. The van der Waals surface area contributed by atoms with Gasteiger partial charge in [0.05, 0.1) is 6.10 Å². The molecule has 1 heterocycles. The molecule has 1 saturated heterocycles. The van der Waals surface area contributed by atoms with Crippen LogP contribution in [0.5, 0.6) is 0 Å². The van der Waals surface area contributed by atoms with E-state index in [1.54, 1.807) is 11.8 Å². The Morgan fingerprint density at radius 2 is 2.23 bits per heavy atom. The summed E-state index contributed by atoms with van der Waals surface area (Å²) in [5.74, 6) is 4.85. The van der Waals surface area contributed by atoms with E-state index in [0.717, 1.165) is 0 Å². The summed E-state index contributed by atoms with van der Waals surface area (Å²) in [6.07, 6.45) is -0.435. The SMILES string of the molecule is CC#CC(=O)N1CC(O)C(C)(C)C1. The van der Waals surface area contributed by atoms with Crippen LogP contribution in [0.3, 0.4) is 0 Å². The second-order valence-corrected chi connectivity index (χ2v) is 4.07. The van der Waals surface area contributed by atoms with Crippen molar-refractivity contribution in [3.8, 4) is 11.8 Å². The van der Waals surface area contributed by atoms with Crippen LogP contribution in [0.25, 0.3) is 0 Å². The molecule has 0 aliphatic carbocycles. The van der Waals surface area contributed by atoms with Crippen LogP contribution in [0.2, 0.25) is 0 Å². The van der Waals surface area contributed by atoms with Crippen molar-refractivity contribution in [2.45, 2.75) is 26.9 Å². The molecule has 1 amide bonds. The zero-order valence-electron chi connectivity index (χ0n) is 8.29. The number of amides is 1. The molecule has 1 unspecified atom stereocenters. The van der Waals surface area contributed by atoms with Gasteiger partial charge in [0.15, 0.2) is 0 Å². The molecule has 0 bridgehead atoms. The van der Waals surface area contributed by atoms with E-state index >= 15 is 0 Å². The smallest absolute Gasteiger partial charge is 0.298 e. The van der Waals surface area contributed by atoms with E-state index in [0.29, 0.717) is 13.1 Å². The first-order valence-electron chi connectivity index (χ1n) is 4.37. The molecule has 1 atom stereocenters. The van der Waals surface area contributed by atoms with Gasteiger partial charge in [0.2, 0.25) is 0 Å². The average Bonchev–Trinajstić information content (AvgIpc) is 2.27. The Balaban J connectivity index is 2.67. The van der Waals surface area contributed by atoms with Crippen molar-refractivity contribution in [1.82, 2.24) is 4.90 Å². The molecule has 3 nitrogen and oxygen atoms in total. The minimum atomic E-state index is -0.435. The molecule has 0 spiro atoms. The minimum Gasteiger partial charge on any atom is -0.391 e. The van der Waals surface area contributed by atoms with E-state index in [4.69, 9.17) is 0 Å². The molecular weight excluding hydrogens is 166 g/mol. The van der Waals surface area contributed by atoms with Crippen LogP contribution in [-0.4, -0.2) is 35.1 Å². The minimum absolute atomic E-state index is 0.188. The molecule has 1 fully saturated rings. The van der Waals surface area contributed by atoms with Crippen molar-refractivity contribution in [3.63, 3.8) is 0 Å². The molecule has 1 aliphatic rings. The fraction of sp³-hybridized carbons (Fsp3) is 0.700. The van der Waals surface area contributed by atoms with Crippen LogP contribution in [0.4, 0.5) is 0 Å². The average molecular weight is 181 g/mol. The molecule has 0 aromatic carbocycles. The van der Waals surface area contributed by atoms with Crippen molar-refractivity contribution in [2.75, 3.05) is 13.1 Å². The zero-order valence-corrected chi connectivity index (χ0v) is 8.29. The van der Waals surface area contributed by atoms with Gasteiger partial charge in [-0.15, -0.1) is 0 Å². The van der Waals surface area contributed by atoms with Crippen molar-refractivity contribution in [3.05, 3.63) is 0 Å². The molecule has 1 rings (SSSR count). The van der Waals surface area contributed by atoms with Gasteiger partial charge in [-0.3, -0.25) is 4.79 Å². The third-order valence-corrected chi connectivity index (χ3v) is 2.41. The van der Waals surface area contributed by atoms with Gasteiger partial charge < -0.3 is 10.0 Å². The third kappa shape index (κ3) is 2.02. The molecule has 72 valence electrons. The number of β-amino-alcohol motifs (C(OH)–C–C–N with tert-alkyl or cyclic N) is 1. The Kier molecular flexibility index (Phi) is 2.63. The van der Waals surface area contributed by atoms with Gasteiger partial charge in [0.25, 0.3) is 5.91 Å². The predicted octanol–water partition coefficient (Wildman–Crippen LogP) is 0.239. The summed E-state index contributed by atoms with van der Waals surface area (Å²) in [4.78, 5) is 12.9. The Morgan fingerprint density at radius 3 is 2.62 bits per heavy atom. The lowest BCUT2D eigenvalue weighted by Gasteiger charge is -2.20. The summed E-state index contributed by atoms with van der Waals surface area (Å²) < 4.78 is 0. The number of nitrogens with zero attached hydrogens (tertiary/aromatic N) is 1. The predicted molar refractivity (Wildman–Crippen MR) is 49.8 cm³/mol. The first-order chi connectivity index (χ1) is 5.97. The molecular formula is C10H15NO2. The number of aliphatic hydroxyl groups excluding tert-OH is 1. The summed E-state index contributed by atoms with van der Waals surface area (Å²) in [5.41, 5.74) is -0.203. The molecule has 3 heteroatoms. The largest absolute Gasteiger partial charge is 0.391 e. The van der Waals surface area contributed by atoms with E-state index < -0.39 is 6.10 Å². The number of hydrogen-bond donors (Lipinski definition) is 1. The second-order valence-electron chi connectivity index (χ2n) is 4.07. The Labute approximate surface area is 78.7 Å². The van der Waals surface area contributed by atoms with Crippen LogP contribution < -0.4 is 0 Å². The maximum absolute atomic E-state index is 11.3. The van der Waals surface area contributed by atoms with Gasteiger partial charge in [0, 0.05) is 18.5 Å². The Hall–Kier alpha value is -1.01. The van der Waals surface area contributed by atoms with Gasteiger partial charge in [0.1, 0.15) is 0 Å². The second kappa shape index (κ2) is 3.39. The van der Waals surface area contributed by atoms with E-state index in [1.807, 2.05) is 13.8 Å². The fourth-order valence-electron chi connectivity index (χ4n) is 1.46. The number of aliphatic hydroxyl groups is 1. The highest BCUT2D eigenvalue weighted by atomic mass is 16.3. The normalized spacial score (nSPS) is 25.2. The first-order valence-corrected chi connectivity index (χ1v) is 4.37. The Morgan fingerprint density at radius 1 is 1.62 bits per heavy atom. The molecule has 0 aromatic rings. The number of rotatable bonds is 0. The number of carbonyl (C=O) groups excluding carboxylic acids is 1. The molecule has 0 aromatic heterocycles. The number of likely N-dealkylation sites (tertiary alicyclic amines) is 1.